The Hall–Kier alpha value is -1.16. The third kappa shape index (κ3) is 2.34. The zero-order chi connectivity index (χ0) is 13.5. The van der Waals surface area contributed by atoms with E-state index in [-0.39, 0.29) is 6.54 Å². The Bertz CT molecular complexity index is 473. The first kappa shape index (κ1) is 12.9. The molecule has 0 aromatic heterocycles. The minimum absolute atomic E-state index is 0.141. The summed E-state index contributed by atoms with van der Waals surface area (Å²) >= 11 is 0. The molecule has 2 aliphatic rings. The van der Waals surface area contributed by atoms with Crippen LogP contribution in [-0.4, -0.2) is 25.6 Å². The van der Waals surface area contributed by atoms with E-state index in [1.54, 1.807) is 6.92 Å². The van der Waals surface area contributed by atoms with Crippen LogP contribution in [0, 0.1) is 5.92 Å². The zero-order valence-corrected chi connectivity index (χ0v) is 11.3. The summed E-state index contributed by atoms with van der Waals surface area (Å²) in [5, 5.41) is 3.33. The molecule has 1 aromatic carbocycles. The smallest absolute Gasteiger partial charge is 0.267 e. The van der Waals surface area contributed by atoms with Crippen molar-refractivity contribution in [1.82, 2.24) is 5.32 Å². The number of fused-ring (bicyclic) bond motifs is 1. The largest absolute Gasteiger partial charge is 0.365 e. The summed E-state index contributed by atoms with van der Waals surface area (Å²) in [5.41, 5.74) is 3.53. The van der Waals surface area contributed by atoms with Crippen LogP contribution < -0.4 is 10.2 Å². The number of halogens is 2. The van der Waals surface area contributed by atoms with Gasteiger partial charge in [0.25, 0.3) is 5.92 Å². The molecular formula is C15H20F2N2. The first-order valence-electron chi connectivity index (χ1n) is 7.02. The summed E-state index contributed by atoms with van der Waals surface area (Å²) in [6.45, 7) is 4.04. The van der Waals surface area contributed by atoms with Crippen molar-refractivity contribution in [2.45, 2.75) is 32.2 Å². The molecule has 0 bridgehead atoms. The summed E-state index contributed by atoms with van der Waals surface area (Å²) in [4.78, 5) is 1.88. The van der Waals surface area contributed by atoms with E-state index >= 15 is 0 Å². The fourth-order valence-electron chi connectivity index (χ4n) is 3.06. The molecule has 2 nitrogen and oxygen atoms in total. The minimum atomic E-state index is -2.58. The number of anilines is 1. The lowest BCUT2D eigenvalue weighted by molar-refractivity contribution is -0.0572. The highest BCUT2D eigenvalue weighted by atomic mass is 19.3. The second-order valence-electron chi connectivity index (χ2n) is 5.71. The molecule has 1 atom stereocenters. The lowest BCUT2D eigenvalue weighted by atomic mass is 9.92. The first-order chi connectivity index (χ1) is 9.08. The average Bonchev–Trinajstić information content (AvgIpc) is 2.41. The van der Waals surface area contributed by atoms with Crippen molar-refractivity contribution in [2.24, 2.45) is 5.92 Å². The molecule has 1 fully saturated rings. The van der Waals surface area contributed by atoms with Crippen LogP contribution in [0.25, 0.3) is 0 Å². The lowest BCUT2D eigenvalue weighted by Gasteiger charge is -2.39. The van der Waals surface area contributed by atoms with Crippen LogP contribution in [0.1, 0.15) is 24.5 Å². The molecule has 3 rings (SSSR count). The fourth-order valence-corrected chi connectivity index (χ4v) is 3.06. The molecule has 104 valence electrons. The van der Waals surface area contributed by atoms with Crippen LogP contribution in [-0.2, 0) is 13.0 Å². The topological polar surface area (TPSA) is 15.3 Å². The molecular weight excluding hydrogens is 246 g/mol. The Morgan fingerprint density at radius 2 is 2.21 bits per heavy atom. The number of nitrogens with zero attached hydrogens (tertiary/aromatic N) is 1. The van der Waals surface area contributed by atoms with E-state index in [2.05, 4.69) is 11.4 Å². The number of hydrogen-bond acceptors (Lipinski definition) is 2. The van der Waals surface area contributed by atoms with E-state index in [1.165, 1.54) is 11.1 Å². The van der Waals surface area contributed by atoms with Crippen LogP contribution in [0.2, 0.25) is 0 Å². The van der Waals surface area contributed by atoms with Crippen molar-refractivity contribution in [1.29, 1.82) is 0 Å². The Morgan fingerprint density at radius 3 is 3.00 bits per heavy atom. The van der Waals surface area contributed by atoms with Crippen molar-refractivity contribution in [2.75, 3.05) is 24.5 Å². The van der Waals surface area contributed by atoms with E-state index < -0.39 is 11.8 Å². The Morgan fingerprint density at radius 1 is 1.37 bits per heavy atom. The van der Waals surface area contributed by atoms with E-state index in [0.29, 0.717) is 6.42 Å². The van der Waals surface area contributed by atoms with Gasteiger partial charge in [0.1, 0.15) is 0 Å². The molecule has 1 N–H and O–H groups in total. The zero-order valence-electron chi connectivity index (χ0n) is 11.3. The van der Waals surface area contributed by atoms with Gasteiger partial charge in [0.05, 0.1) is 6.54 Å². The van der Waals surface area contributed by atoms with Gasteiger partial charge in [0.15, 0.2) is 0 Å². The number of benzene rings is 1. The average molecular weight is 266 g/mol. The van der Waals surface area contributed by atoms with Crippen LogP contribution >= 0.6 is 0 Å². The van der Waals surface area contributed by atoms with Gasteiger partial charge in [-0.05, 0) is 36.6 Å². The molecule has 19 heavy (non-hydrogen) atoms. The van der Waals surface area contributed by atoms with Gasteiger partial charge < -0.3 is 10.2 Å². The number of piperidine rings is 1. The highest BCUT2D eigenvalue weighted by Crippen LogP contribution is 2.36. The van der Waals surface area contributed by atoms with Gasteiger partial charge in [0.2, 0.25) is 0 Å². The van der Waals surface area contributed by atoms with E-state index in [1.807, 2.05) is 17.0 Å². The van der Waals surface area contributed by atoms with E-state index in [0.717, 1.165) is 31.7 Å². The molecule has 4 heteroatoms. The second kappa shape index (κ2) is 4.75. The van der Waals surface area contributed by atoms with Crippen molar-refractivity contribution in [3.63, 3.8) is 0 Å². The van der Waals surface area contributed by atoms with Gasteiger partial charge in [-0.2, -0.15) is 0 Å². The Balaban J connectivity index is 1.90. The summed E-state index contributed by atoms with van der Waals surface area (Å²) in [6.07, 6.45) is 1.50. The molecule has 1 unspecified atom stereocenters. The molecule has 0 amide bonds. The van der Waals surface area contributed by atoms with Crippen LogP contribution in [0.15, 0.2) is 18.2 Å². The monoisotopic (exact) mass is 266 g/mol. The van der Waals surface area contributed by atoms with Gasteiger partial charge in [-0.1, -0.05) is 19.1 Å². The van der Waals surface area contributed by atoms with Crippen molar-refractivity contribution in [3.8, 4) is 0 Å². The van der Waals surface area contributed by atoms with Crippen molar-refractivity contribution >= 4 is 5.69 Å². The third-order valence-electron chi connectivity index (χ3n) is 4.41. The summed E-state index contributed by atoms with van der Waals surface area (Å²) in [7, 11) is 0. The van der Waals surface area contributed by atoms with Crippen LogP contribution in [0.5, 0.6) is 0 Å². The van der Waals surface area contributed by atoms with Crippen molar-refractivity contribution in [3.05, 3.63) is 29.3 Å². The SMILES string of the molecule is CC1CCN(c2cccc3c2CCNC3)CC1(F)F. The highest BCUT2D eigenvalue weighted by Gasteiger charge is 2.42. The normalized spacial score (nSPS) is 26.1. The van der Waals surface area contributed by atoms with Gasteiger partial charge in [-0.25, -0.2) is 8.78 Å². The van der Waals surface area contributed by atoms with Gasteiger partial charge in [0, 0.05) is 24.7 Å². The maximum absolute atomic E-state index is 13.9. The molecule has 1 saturated heterocycles. The van der Waals surface area contributed by atoms with Gasteiger partial charge in [-0.15, -0.1) is 0 Å². The molecule has 0 radical (unpaired) electrons. The number of nitrogens with one attached hydrogen (secondary N) is 1. The summed E-state index contributed by atoms with van der Waals surface area (Å²) in [6, 6.07) is 6.07. The molecule has 0 spiro atoms. The standard InChI is InChI=1S/C15H20F2N2/c1-11-6-8-19(10-15(11,16)17)14-4-2-3-12-9-18-7-5-13(12)14/h2-4,11,18H,5-10H2,1H3. The van der Waals surface area contributed by atoms with Crippen molar-refractivity contribution < 1.29 is 8.78 Å². The minimum Gasteiger partial charge on any atom is -0.365 e. The lowest BCUT2D eigenvalue weighted by Crippen LogP contribution is -2.48. The van der Waals surface area contributed by atoms with E-state index in [9.17, 15) is 8.78 Å². The van der Waals surface area contributed by atoms with Crippen LogP contribution in [0.4, 0.5) is 14.5 Å². The number of alkyl halides is 2. The first-order valence-corrected chi connectivity index (χ1v) is 7.02. The Labute approximate surface area is 112 Å². The molecule has 2 heterocycles. The van der Waals surface area contributed by atoms with Gasteiger partial charge in [-0.3, -0.25) is 0 Å². The van der Waals surface area contributed by atoms with Gasteiger partial charge >= 0.3 is 0 Å². The fraction of sp³-hybridized carbons (Fsp3) is 0.600. The number of hydrogen-bond donors (Lipinski definition) is 1. The number of rotatable bonds is 1. The third-order valence-corrected chi connectivity index (χ3v) is 4.41. The Kier molecular flexibility index (Phi) is 3.21. The molecule has 0 saturated carbocycles. The predicted molar refractivity (Wildman–Crippen MR) is 72.8 cm³/mol. The maximum atomic E-state index is 13.9. The summed E-state index contributed by atoms with van der Waals surface area (Å²) < 4.78 is 27.8. The predicted octanol–water partition coefficient (Wildman–Crippen LogP) is 2.81. The molecule has 1 aromatic rings. The molecule has 0 aliphatic carbocycles. The summed E-state index contributed by atoms with van der Waals surface area (Å²) in [5.74, 6) is -3.08. The maximum Gasteiger partial charge on any atom is 0.267 e. The van der Waals surface area contributed by atoms with E-state index in [4.69, 9.17) is 0 Å². The van der Waals surface area contributed by atoms with Crippen LogP contribution in [0.3, 0.4) is 0 Å². The molecule has 2 aliphatic heterocycles. The second-order valence-corrected chi connectivity index (χ2v) is 5.71. The highest BCUT2D eigenvalue weighted by molar-refractivity contribution is 5.58. The quantitative estimate of drug-likeness (QED) is 0.841.